The summed E-state index contributed by atoms with van der Waals surface area (Å²) in [5.41, 5.74) is 0. The van der Waals surface area contributed by atoms with Gasteiger partial charge in [0, 0.05) is 19.3 Å². The van der Waals surface area contributed by atoms with E-state index in [1.165, 1.54) is 225 Å². The smallest absolute Gasteiger partial charge is 0.306 e. The minimum atomic E-state index is -0.762. The van der Waals surface area contributed by atoms with E-state index >= 15 is 0 Å². The Kier molecular flexibility index (Phi) is 51.5. The van der Waals surface area contributed by atoms with Gasteiger partial charge in [0.15, 0.2) is 6.10 Å². The molecule has 0 aromatic heterocycles. The molecule has 2 atom stereocenters. The van der Waals surface area contributed by atoms with Crippen LogP contribution in [0.1, 0.15) is 336 Å². The summed E-state index contributed by atoms with van der Waals surface area (Å²) >= 11 is 0. The Labute approximate surface area is 412 Å². The first-order chi connectivity index (χ1) is 32.3. The van der Waals surface area contributed by atoms with Crippen LogP contribution < -0.4 is 0 Å². The van der Waals surface area contributed by atoms with Crippen LogP contribution in [0.4, 0.5) is 0 Å². The summed E-state index contributed by atoms with van der Waals surface area (Å²) in [4.78, 5) is 38.1. The van der Waals surface area contributed by atoms with Crippen LogP contribution in [-0.2, 0) is 28.6 Å². The molecule has 6 nitrogen and oxygen atoms in total. The molecule has 0 aliphatic carbocycles. The van der Waals surface area contributed by atoms with Crippen molar-refractivity contribution < 1.29 is 28.6 Å². The molecule has 0 N–H and O–H groups in total. The molecular formula is C60H116O6. The molecule has 66 heavy (non-hydrogen) atoms. The summed E-state index contributed by atoms with van der Waals surface area (Å²) in [7, 11) is 0. The lowest BCUT2D eigenvalue weighted by atomic mass is 9.99. The molecule has 0 saturated carbocycles. The highest BCUT2D eigenvalue weighted by Gasteiger charge is 2.19. The molecule has 0 fully saturated rings. The third-order valence-corrected chi connectivity index (χ3v) is 14.1. The zero-order chi connectivity index (χ0) is 48.2. The fourth-order valence-electron chi connectivity index (χ4n) is 9.20. The van der Waals surface area contributed by atoms with Crippen LogP contribution in [0.5, 0.6) is 0 Å². The summed E-state index contributed by atoms with van der Waals surface area (Å²) in [6.07, 6.45) is 56.7. The Hall–Kier alpha value is -1.59. The fourth-order valence-corrected chi connectivity index (χ4v) is 9.20. The lowest BCUT2D eigenvalue weighted by molar-refractivity contribution is -0.167. The largest absolute Gasteiger partial charge is 0.462 e. The van der Waals surface area contributed by atoms with E-state index in [0.717, 1.165) is 69.6 Å². The van der Waals surface area contributed by atoms with E-state index in [4.69, 9.17) is 14.2 Å². The zero-order valence-corrected chi connectivity index (χ0v) is 45.3. The van der Waals surface area contributed by atoms with Gasteiger partial charge in [-0.2, -0.15) is 0 Å². The molecule has 0 aromatic carbocycles. The molecule has 0 aliphatic rings. The topological polar surface area (TPSA) is 78.9 Å². The number of carbonyl (C=O) groups is 3. The maximum atomic E-state index is 12.8. The number of ether oxygens (including phenoxy) is 3. The van der Waals surface area contributed by atoms with Gasteiger partial charge in [0.2, 0.25) is 0 Å². The van der Waals surface area contributed by atoms with Crippen LogP contribution in [0, 0.1) is 11.8 Å². The summed E-state index contributed by atoms with van der Waals surface area (Å²) in [6, 6.07) is 0. The van der Waals surface area contributed by atoms with Crippen molar-refractivity contribution >= 4 is 17.9 Å². The van der Waals surface area contributed by atoms with E-state index < -0.39 is 6.10 Å². The third kappa shape index (κ3) is 51.8. The van der Waals surface area contributed by atoms with Crippen molar-refractivity contribution in [1.29, 1.82) is 0 Å². The molecule has 0 amide bonds. The average molecular weight is 934 g/mol. The monoisotopic (exact) mass is 933 g/mol. The van der Waals surface area contributed by atoms with E-state index in [1.54, 1.807) is 0 Å². The first kappa shape index (κ1) is 64.4. The Morgan fingerprint density at radius 3 is 0.864 bits per heavy atom. The molecular weight excluding hydrogens is 817 g/mol. The molecule has 0 rings (SSSR count). The minimum Gasteiger partial charge on any atom is -0.462 e. The number of rotatable bonds is 54. The number of hydrogen-bond acceptors (Lipinski definition) is 6. The van der Waals surface area contributed by atoms with Crippen LogP contribution >= 0.6 is 0 Å². The molecule has 0 aromatic rings. The van der Waals surface area contributed by atoms with E-state index in [0.29, 0.717) is 19.3 Å². The van der Waals surface area contributed by atoms with Gasteiger partial charge in [-0.25, -0.2) is 0 Å². The molecule has 0 bridgehead atoms. The summed E-state index contributed by atoms with van der Waals surface area (Å²) in [5.74, 6) is 0.913. The first-order valence-electron chi connectivity index (χ1n) is 29.8. The lowest BCUT2D eigenvalue weighted by Gasteiger charge is -2.18. The zero-order valence-electron chi connectivity index (χ0n) is 45.3. The second-order valence-electron chi connectivity index (χ2n) is 21.4. The van der Waals surface area contributed by atoms with Crippen LogP contribution in [0.25, 0.3) is 0 Å². The second-order valence-corrected chi connectivity index (χ2v) is 21.4. The standard InChI is InChI=1S/C60H116O6/c1-6-8-9-10-11-28-35-40-45-50-58(61)64-53-57(66-60(63)52-47-42-37-32-27-23-19-18-20-24-29-33-38-43-48-55(3)4)54-65-59(62)51-46-41-36-31-26-22-17-15-13-12-14-16-21-25-30-34-39-44-49-56(5)7-2/h55-57H,6-54H2,1-5H3/t56?,57-/m0/s1. The highest BCUT2D eigenvalue weighted by atomic mass is 16.6. The maximum Gasteiger partial charge on any atom is 0.306 e. The van der Waals surface area contributed by atoms with Crippen LogP contribution in [0.3, 0.4) is 0 Å². The molecule has 0 saturated heterocycles. The van der Waals surface area contributed by atoms with Crippen molar-refractivity contribution in [3.05, 3.63) is 0 Å². The molecule has 6 heteroatoms. The number of esters is 3. The number of carbonyl (C=O) groups excluding carboxylic acids is 3. The van der Waals surface area contributed by atoms with Crippen LogP contribution in [-0.4, -0.2) is 37.2 Å². The van der Waals surface area contributed by atoms with Crippen LogP contribution in [0.15, 0.2) is 0 Å². The van der Waals surface area contributed by atoms with Gasteiger partial charge in [-0.3, -0.25) is 14.4 Å². The number of hydrogen-bond donors (Lipinski definition) is 0. The van der Waals surface area contributed by atoms with Gasteiger partial charge in [-0.05, 0) is 31.1 Å². The molecule has 0 aliphatic heterocycles. The molecule has 0 heterocycles. The quantitative estimate of drug-likeness (QED) is 0.0343. The van der Waals surface area contributed by atoms with Crippen molar-refractivity contribution in [3.8, 4) is 0 Å². The van der Waals surface area contributed by atoms with E-state index in [-0.39, 0.29) is 31.1 Å². The van der Waals surface area contributed by atoms with E-state index in [1.807, 2.05) is 0 Å². The molecule has 1 unspecified atom stereocenters. The number of unbranched alkanes of at least 4 members (excludes halogenated alkanes) is 38. The average Bonchev–Trinajstić information content (AvgIpc) is 3.30. The minimum absolute atomic E-state index is 0.0626. The first-order valence-corrected chi connectivity index (χ1v) is 29.8. The predicted octanol–water partition coefficient (Wildman–Crippen LogP) is 19.7. The SMILES string of the molecule is CCCCCCCCCCCC(=O)OC[C@@H](COC(=O)CCCCCCCCCCCCCCCCCCCCC(C)CC)OC(=O)CCCCCCCCCCCCCCCCC(C)C. The highest BCUT2D eigenvalue weighted by Crippen LogP contribution is 2.19. The Morgan fingerprint density at radius 2 is 0.576 bits per heavy atom. The maximum absolute atomic E-state index is 12.8. The van der Waals surface area contributed by atoms with Gasteiger partial charge in [-0.1, -0.05) is 298 Å². The van der Waals surface area contributed by atoms with Gasteiger partial charge < -0.3 is 14.2 Å². The van der Waals surface area contributed by atoms with Crippen molar-refractivity contribution in [2.24, 2.45) is 11.8 Å². The van der Waals surface area contributed by atoms with Gasteiger partial charge in [-0.15, -0.1) is 0 Å². The van der Waals surface area contributed by atoms with Gasteiger partial charge in [0.1, 0.15) is 13.2 Å². The Balaban J connectivity index is 4.17. The van der Waals surface area contributed by atoms with Crippen molar-refractivity contribution in [2.75, 3.05) is 13.2 Å². The van der Waals surface area contributed by atoms with Gasteiger partial charge >= 0.3 is 17.9 Å². The van der Waals surface area contributed by atoms with Crippen molar-refractivity contribution in [1.82, 2.24) is 0 Å². The van der Waals surface area contributed by atoms with Crippen LogP contribution in [0.2, 0.25) is 0 Å². The normalized spacial score (nSPS) is 12.5. The fraction of sp³-hybridized carbons (Fsp3) is 0.950. The lowest BCUT2D eigenvalue weighted by Crippen LogP contribution is -2.30. The highest BCUT2D eigenvalue weighted by molar-refractivity contribution is 5.71. The van der Waals surface area contributed by atoms with Crippen molar-refractivity contribution in [2.45, 2.75) is 343 Å². The second kappa shape index (κ2) is 52.8. The van der Waals surface area contributed by atoms with E-state index in [9.17, 15) is 14.4 Å². The summed E-state index contributed by atoms with van der Waals surface area (Å²) in [6.45, 7) is 11.5. The predicted molar refractivity (Wildman–Crippen MR) is 284 cm³/mol. The Bertz CT molecular complexity index is 1010. The molecule has 0 spiro atoms. The molecule has 392 valence electrons. The third-order valence-electron chi connectivity index (χ3n) is 14.1. The Morgan fingerprint density at radius 1 is 0.318 bits per heavy atom. The summed E-state index contributed by atoms with van der Waals surface area (Å²) in [5, 5.41) is 0. The van der Waals surface area contributed by atoms with E-state index in [2.05, 4.69) is 34.6 Å². The molecule has 0 radical (unpaired) electrons. The van der Waals surface area contributed by atoms with Gasteiger partial charge in [0.05, 0.1) is 0 Å². The van der Waals surface area contributed by atoms with Crippen molar-refractivity contribution in [3.63, 3.8) is 0 Å². The van der Waals surface area contributed by atoms with Gasteiger partial charge in [0.25, 0.3) is 0 Å². The summed E-state index contributed by atoms with van der Waals surface area (Å²) < 4.78 is 16.9.